The first-order valence-corrected chi connectivity index (χ1v) is 10.2. The van der Waals surface area contributed by atoms with Crippen molar-refractivity contribution in [2.45, 2.75) is 33.4 Å². The van der Waals surface area contributed by atoms with Crippen molar-refractivity contribution in [3.8, 4) is 11.6 Å². The lowest BCUT2D eigenvalue weighted by atomic mass is 10.0. The highest BCUT2D eigenvalue weighted by molar-refractivity contribution is 5.65. The van der Waals surface area contributed by atoms with Gasteiger partial charge in [-0.15, -0.1) is 5.10 Å². The Hall–Kier alpha value is -3.40. The molecule has 1 aliphatic heterocycles. The van der Waals surface area contributed by atoms with E-state index in [9.17, 15) is 9.90 Å². The molecular formula is C21H27N7O3. The van der Waals surface area contributed by atoms with Crippen LogP contribution in [0.4, 0.5) is 16.5 Å². The van der Waals surface area contributed by atoms with Crippen LogP contribution in [0.1, 0.15) is 23.6 Å². The summed E-state index contributed by atoms with van der Waals surface area (Å²) in [5, 5.41) is 24.9. The average Bonchev–Trinajstić information content (AvgIpc) is 3.33. The first-order valence-electron chi connectivity index (χ1n) is 10.2. The predicted octanol–water partition coefficient (Wildman–Crippen LogP) is 3.01. The van der Waals surface area contributed by atoms with Gasteiger partial charge in [0.15, 0.2) is 0 Å². The largest absolute Gasteiger partial charge is 0.465 e. The summed E-state index contributed by atoms with van der Waals surface area (Å²) in [5.74, 6) is 0.401. The zero-order valence-corrected chi connectivity index (χ0v) is 18.2. The monoisotopic (exact) mass is 425 g/mol. The van der Waals surface area contributed by atoms with Crippen molar-refractivity contribution in [2.24, 2.45) is 7.05 Å². The van der Waals surface area contributed by atoms with Crippen LogP contribution in [0.3, 0.4) is 0 Å². The zero-order valence-electron chi connectivity index (χ0n) is 18.2. The fraction of sp³-hybridized carbons (Fsp3) is 0.429. The molecule has 2 N–H and O–H groups in total. The Labute approximate surface area is 180 Å². The van der Waals surface area contributed by atoms with Crippen molar-refractivity contribution in [3.63, 3.8) is 0 Å². The van der Waals surface area contributed by atoms with Crippen LogP contribution in [0.25, 0.3) is 11.6 Å². The minimum absolute atomic E-state index is 0.0298. The minimum atomic E-state index is -0.851. The summed E-state index contributed by atoms with van der Waals surface area (Å²) in [6, 6.07) is 6.33. The molecule has 164 valence electrons. The van der Waals surface area contributed by atoms with Gasteiger partial charge in [0.2, 0.25) is 0 Å². The molecule has 0 unspecified atom stereocenters. The maximum Gasteiger partial charge on any atom is 0.407 e. The number of carboxylic acid groups (broad SMARTS) is 1. The SMILES string of the molecule is Cc1cc(CN2CCN(C(=O)O)[C@@H](C)C2)c(C)c(Nc2nnc(-c3ccnn3C)o2)c1. The summed E-state index contributed by atoms with van der Waals surface area (Å²) in [6.45, 7) is 8.76. The smallest absolute Gasteiger partial charge is 0.407 e. The van der Waals surface area contributed by atoms with Gasteiger partial charge in [0.1, 0.15) is 5.69 Å². The Morgan fingerprint density at radius 1 is 1.29 bits per heavy atom. The third-order valence-electron chi connectivity index (χ3n) is 5.72. The second-order valence-electron chi connectivity index (χ2n) is 8.03. The highest BCUT2D eigenvalue weighted by atomic mass is 16.4. The van der Waals surface area contributed by atoms with Gasteiger partial charge in [-0.2, -0.15) is 5.10 Å². The van der Waals surface area contributed by atoms with Gasteiger partial charge in [-0.05, 0) is 49.6 Å². The van der Waals surface area contributed by atoms with Gasteiger partial charge in [-0.3, -0.25) is 9.58 Å². The third-order valence-corrected chi connectivity index (χ3v) is 5.72. The topological polar surface area (TPSA) is 113 Å². The van der Waals surface area contributed by atoms with Crippen molar-refractivity contribution >= 4 is 17.8 Å². The van der Waals surface area contributed by atoms with Gasteiger partial charge in [0.25, 0.3) is 5.89 Å². The summed E-state index contributed by atoms with van der Waals surface area (Å²) in [4.78, 5) is 15.1. The Bertz CT molecular complexity index is 1090. The van der Waals surface area contributed by atoms with E-state index in [1.165, 1.54) is 10.5 Å². The highest BCUT2D eigenvalue weighted by Crippen LogP contribution is 2.28. The van der Waals surface area contributed by atoms with Gasteiger partial charge in [-0.25, -0.2) is 4.79 Å². The first kappa shape index (κ1) is 20.9. The Morgan fingerprint density at radius 3 is 2.77 bits per heavy atom. The number of carbonyl (C=O) groups is 1. The molecule has 0 bridgehead atoms. The first-order chi connectivity index (χ1) is 14.8. The molecular weight excluding hydrogens is 398 g/mol. The van der Waals surface area contributed by atoms with Crippen LogP contribution in [0.2, 0.25) is 0 Å². The van der Waals surface area contributed by atoms with Crippen molar-refractivity contribution in [3.05, 3.63) is 41.1 Å². The summed E-state index contributed by atoms with van der Waals surface area (Å²) in [5.41, 5.74) is 5.06. The van der Waals surface area contributed by atoms with Crippen LogP contribution >= 0.6 is 0 Å². The Balaban J connectivity index is 1.50. The number of anilines is 2. The molecule has 3 aromatic rings. The fourth-order valence-electron chi connectivity index (χ4n) is 4.01. The van der Waals surface area contributed by atoms with E-state index in [4.69, 9.17) is 4.42 Å². The van der Waals surface area contributed by atoms with Gasteiger partial charge in [0.05, 0.1) is 0 Å². The molecule has 1 amide bonds. The standard InChI is InChI=1S/C21H27N7O3/c1-13-9-16(12-27-7-8-28(21(29)30)14(2)11-27)15(3)17(10-13)23-20-25-24-19(31-20)18-5-6-22-26(18)4/h5-6,9-10,14H,7-8,11-12H2,1-4H3,(H,23,25)(H,29,30)/t14-/m0/s1. The van der Waals surface area contributed by atoms with Crippen LogP contribution in [0.5, 0.6) is 0 Å². The fourth-order valence-corrected chi connectivity index (χ4v) is 4.01. The van der Waals surface area contributed by atoms with Crippen molar-refractivity contribution in [1.29, 1.82) is 0 Å². The number of aromatic nitrogens is 4. The van der Waals surface area contributed by atoms with Gasteiger partial charge in [-0.1, -0.05) is 11.2 Å². The molecule has 10 heteroatoms. The van der Waals surface area contributed by atoms with E-state index >= 15 is 0 Å². The molecule has 0 saturated carbocycles. The van der Waals surface area contributed by atoms with Crippen LogP contribution in [0.15, 0.2) is 28.8 Å². The molecule has 1 fully saturated rings. The number of benzene rings is 1. The summed E-state index contributed by atoms with van der Waals surface area (Å²) < 4.78 is 7.46. The average molecular weight is 425 g/mol. The zero-order chi connectivity index (χ0) is 22.1. The molecule has 1 aliphatic rings. The van der Waals surface area contributed by atoms with E-state index in [2.05, 4.69) is 44.6 Å². The molecule has 2 aromatic heterocycles. The molecule has 0 aliphatic carbocycles. The summed E-state index contributed by atoms with van der Waals surface area (Å²) >= 11 is 0. The van der Waals surface area contributed by atoms with Gasteiger partial charge < -0.3 is 19.7 Å². The molecule has 31 heavy (non-hydrogen) atoms. The lowest BCUT2D eigenvalue weighted by molar-refractivity contribution is 0.0710. The molecule has 0 radical (unpaired) electrons. The van der Waals surface area contributed by atoms with Gasteiger partial charge in [0, 0.05) is 51.2 Å². The Kier molecular flexibility index (Phi) is 5.64. The van der Waals surface area contributed by atoms with E-state index in [1.807, 2.05) is 27.0 Å². The number of nitrogens with one attached hydrogen (secondary N) is 1. The number of hydrogen-bond acceptors (Lipinski definition) is 7. The van der Waals surface area contributed by atoms with E-state index in [0.29, 0.717) is 31.5 Å². The molecule has 0 spiro atoms. The van der Waals surface area contributed by atoms with Crippen LogP contribution < -0.4 is 5.32 Å². The number of rotatable bonds is 5. The number of amides is 1. The molecule has 10 nitrogen and oxygen atoms in total. The van der Waals surface area contributed by atoms with Crippen molar-refractivity contribution in [1.82, 2.24) is 29.8 Å². The van der Waals surface area contributed by atoms with E-state index in [-0.39, 0.29) is 6.04 Å². The maximum atomic E-state index is 11.3. The van der Waals surface area contributed by atoms with Gasteiger partial charge >= 0.3 is 12.1 Å². The summed E-state index contributed by atoms with van der Waals surface area (Å²) in [6.07, 6.45) is 0.830. The third kappa shape index (κ3) is 4.38. The summed E-state index contributed by atoms with van der Waals surface area (Å²) in [7, 11) is 1.82. The number of hydrogen-bond donors (Lipinski definition) is 2. The number of nitrogens with zero attached hydrogens (tertiary/aromatic N) is 6. The number of aryl methyl sites for hydroxylation is 2. The quantitative estimate of drug-likeness (QED) is 0.641. The molecule has 1 aromatic carbocycles. The van der Waals surface area contributed by atoms with Crippen molar-refractivity contribution in [2.75, 3.05) is 25.0 Å². The molecule has 4 rings (SSSR count). The molecule has 3 heterocycles. The lowest BCUT2D eigenvalue weighted by Gasteiger charge is -2.38. The molecule has 1 atom stereocenters. The van der Waals surface area contributed by atoms with Crippen molar-refractivity contribution < 1.29 is 14.3 Å². The highest BCUT2D eigenvalue weighted by Gasteiger charge is 2.27. The molecule has 1 saturated heterocycles. The predicted molar refractivity (Wildman–Crippen MR) is 115 cm³/mol. The Morgan fingerprint density at radius 2 is 2.10 bits per heavy atom. The maximum absolute atomic E-state index is 11.3. The second kappa shape index (κ2) is 8.38. The lowest BCUT2D eigenvalue weighted by Crippen LogP contribution is -2.53. The second-order valence-corrected chi connectivity index (χ2v) is 8.03. The number of piperazine rings is 1. The minimum Gasteiger partial charge on any atom is -0.465 e. The van der Waals surface area contributed by atoms with E-state index in [0.717, 1.165) is 29.1 Å². The van der Waals surface area contributed by atoms with E-state index in [1.54, 1.807) is 10.9 Å². The normalized spacial score (nSPS) is 17.2. The van der Waals surface area contributed by atoms with Crippen LogP contribution in [0, 0.1) is 13.8 Å². The van der Waals surface area contributed by atoms with Crippen LogP contribution in [-0.2, 0) is 13.6 Å². The van der Waals surface area contributed by atoms with Crippen LogP contribution in [-0.4, -0.2) is 66.7 Å². The van der Waals surface area contributed by atoms with E-state index < -0.39 is 6.09 Å².